The molecule has 4 aromatic rings. The normalized spacial score (nSPS) is 12.5. The number of hydrogen-bond donors (Lipinski definition) is 1. The highest BCUT2D eigenvalue weighted by Crippen LogP contribution is 2.38. The van der Waals surface area contributed by atoms with Crippen molar-refractivity contribution >= 4 is 51.9 Å². The maximum atomic E-state index is 12.9. The Bertz CT molecular complexity index is 1410. The van der Waals surface area contributed by atoms with E-state index in [1.54, 1.807) is 16.8 Å². The number of halogens is 5. The van der Waals surface area contributed by atoms with E-state index in [0.29, 0.717) is 16.4 Å². The number of rotatable bonds is 7. The zero-order chi connectivity index (χ0) is 26.0. The molecule has 1 atom stereocenters. The minimum Gasteiger partial charge on any atom is -0.481 e. The number of thioether (sulfide) groups is 1. The van der Waals surface area contributed by atoms with Gasteiger partial charge in [0.05, 0.1) is 28.0 Å². The van der Waals surface area contributed by atoms with Gasteiger partial charge in [0.15, 0.2) is 0 Å². The first-order valence-corrected chi connectivity index (χ1v) is 13.0. The highest BCUT2D eigenvalue weighted by Gasteiger charge is 2.30. The van der Waals surface area contributed by atoms with Crippen LogP contribution in [0.2, 0.25) is 5.02 Å². The number of nitrogens with zero attached hydrogens (tertiary/aromatic N) is 2. The summed E-state index contributed by atoms with van der Waals surface area (Å²) >= 11 is 8.21. The fourth-order valence-corrected chi connectivity index (χ4v) is 4.88. The molecule has 1 unspecified atom stereocenters. The second-order valence-corrected chi connectivity index (χ2v) is 10.8. The molecule has 3 aromatic carbocycles. The molecule has 1 aromatic heterocycles. The quantitative estimate of drug-likeness (QED) is 0.163. The number of benzene rings is 3. The number of hydrogen-bond acceptors (Lipinski definition) is 3. The van der Waals surface area contributed by atoms with Crippen LogP contribution < -0.4 is 0 Å². The van der Waals surface area contributed by atoms with Gasteiger partial charge in [-0.3, -0.25) is 4.79 Å². The van der Waals surface area contributed by atoms with E-state index in [-0.39, 0.29) is 28.6 Å². The van der Waals surface area contributed by atoms with Gasteiger partial charge in [0, 0.05) is 20.4 Å². The monoisotopic (exact) mass is 642 g/mol. The van der Waals surface area contributed by atoms with Crippen molar-refractivity contribution in [2.45, 2.75) is 29.7 Å². The van der Waals surface area contributed by atoms with Crippen molar-refractivity contribution < 1.29 is 23.1 Å². The first kappa shape index (κ1) is 26.6. The third kappa shape index (κ3) is 6.43. The summed E-state index contributed by atoms with van der Waals surface area (Å²) in [6.07, 6.45) is -0.000563. The first-order valence-electron chi connectivity index (χ1n) is 10.7. The maximum absolute atomic E-state index is 12.9. The second-order valence-electron chi connectivity index (χ2n) is 8.11. The molecule has 186 valence electrons. The number of aryl methyl sites for hydroxylation is 1. The number of aromatic nitrogens is 2. The van der Waals surface area contributed by atoms with Gasteiger partial charge in [0.25, 0.3) is 0 Å². The van der Waals surface area contributed by atoms with Gasteiger partial charge in [-0.1, -0.05) is 53.6 Å². The fraction of sp³-hybridized carbons (Fsp3) is 0.154. The molecule has 1 heterocycles. The number of carboxylic acid groups (broad SMARTS) is 1. The van der Waals surface area contributed by atoms with Gasteiger partial charge >= 0.3 is 11.5 Å². The van der Waals surface area contributed by atoms with Crippen LogP contribution in [0.4, 0.5) is 13.2 Å². The lowest BCUT2D eigenvalue weighted by atomic mass is 9.94. The largest absolute Gasteiger partial charge is 0.481 e. The second kappa shape index (κ2) is 10.9. The van der Waals surface area contributed by atoms with E-state index in [2.05, 4.69) is 27.7 Å². The van der Waals surface area contributed by atoms with E-state index >= 15 is 0 Å². The Kier molecular flexibility index (Phi) is 8.01. The Balaban J connectivity index is 1.75. The van der Waals surface area contributed by atoms with Crippen LogP contribution >= 0.6 is 46.0 Å². The minimum absolute atomic E-state index is 0.000563. The average molecular weight is 643 g/mol. The molecule has 0 saturated heterocycles. The van der Waals surface area contributed by atoms with E-state index in [1.807, 2.05) is 43.3 Å². The van der Waals surface area contributed by atoms with E-state index in [4.69, 9.17) is 11.6 Å². The SMILES string of the molecule is Cc1ccc(-c2cc(CC(C(=O)O)c3cccc(SC(F)(F)F)c3)nn2-c2ccc(I)c(Cl)c2)cc1. The van der Waals surface area contributed by atoms with Crippen LogP contribution in [0.15, 0.2) is 77.7 Å². The van der Waals surface area contributed by atoms with Gasteiger partial charge in [-0.05, 0) is 83.2 Å². The molecule has 0 radical (unpaired) electrons. The van der Waals surface area contributed by atoms with Gasteiger partial charge in [0.1, 0.15) is 0 Å². The summed E-state index contributed by atoms with van der Waals surface area (Å²) in [6, 6.07) is 20.7. The molecule has 10 heteroatoms. The van der Waals surface area contributed by atoms with Crippen LogP contribution in [0.3, 0.4) is 0 Å². The molecule has 0 saturated carbocycles. The van der Waals surface area contributed by atoms with Gasteiger partial charge in [-0.2, -0.15) is 18.3 Å². The zero-order valence-corrected chi connectivity index (χ0v) is 22.5. The van der Waals surface area contributed by atoms with E-state index in [1.165, 1.54) is 24.3 Å². The van der Waals surface area contributed by atoms with Crippen LogP contribution in [0.25, 0.3) is 16.9 Å². The molecular formula is C26H19ClF3IN2O2S. The predicted octanol–water partition coefficient (Wildman–Crippen LogP) is 8.13. The summed E-state index contributed by atoms with van der Waals surface area (Å²) in [6.45, 7) is 1.98. The Morgan fingerprint density at radius 2 is 1.83 bits per heavy atom. The number of carboxylic acids is 1. The van der Waals surface area contributed by atoms with Crippen molar-refractivity contribution in [3.63, 3.8) is 0 Å². The summed E-state index contributed by atoms with van der Waals surface area (Å²) in [4.78, 5) is 12.1. The summed E-state index contributed by atoms with van der Waals surface area (Å²) in [5.41, 5.74) is -0.282. The first-order chi connectivity index (χ1) is 17.0. The molecule has 0 spiro atoms. The standard InChI is InChI=1S/C26H19ClF3IN2O2S/c1-15-5-7-16(8-6-15)24-13-18(32-33(24)19-9-10-23(31)22(27)14-19)12-21(25(34)35)17-3-2-4-20(11-17)36-26(28,29)30/h2-11,13-14,21H,12H2,1H3,(H,34,35). The van der Waals surface area contributed by atoms with Crippen molar-refractivity contribution in [2.75, 3.05) is 0 Å². The Morgan fingerprint density at radius 1 is 1.11 bits per heavy atom. The molecule has 36 heavy (non-hydrogen) atoms. The number of carbonyl (C=O) groups is 1. The molecule has 0 fully saturated rings. The molecule has 0 aliphatic carbocycles. The lowest BCUT2D eigenvalue weighted by Crippen LogP contribution is -2.15. The Morgan fingerprint density at radius 3 is 2.47 bits per heavy atom. The summed E-state index contributed by atoms with van der Waals surface area (Å²) in [5, 5.41) is 15.2. The molecule has 0 bridgehead atoms. The molecule has 4 nitrogen and oxygen atoms in total. The van der Waals surface area contributed by atoms with E-state index in [0.717, 1.165) is 20.4 Å². The van der Waals surface area contributed by atoms with Crippen LogP contribution in [0.1, 0.15) is 22.7 Å². The Labute approximate surface area is 228 Å². The smallest absolute Gasteiger partial charge is 0.446 e. The van der Waals surface area contributed by atoms with Gasteiger partial charge in [-0.15, -0.1) is 0 Å². The van der Waals surface area contributed by atoms with Crippen molar-refractivity contribution in [3.8, 4) is 16.9 Å². The van der Waals surface area contributed by atoms with Gasteiger partial charge in [0.2, 0.25) is 0 Å². The molecule has 4 rings (SSSR count). The lowest BCUT2D eigenvalue weighted by Gasteiger charge is -2.13. The zero-order valence-electron chi connectivity index (χ0n) is 18.8. The fourth-order valence-electron chi connectivity index (χ4n) is 3.76. The number of alkyl halides is 3. The van der Waals surface area contributed by atoms with Crippen LogP contribution in [0, 0.1) is 10.5 Å². The molecule has 1 N–H and O–H groups in total. The lowest BCUT2D eigenvalue weighted by molar-refractivity contribution is -0.138. The third-order valence-corrected chi connectivity index (χ3v) is 7.75. The molecule has 0 aliphatic heterocycles. The summed E-state index contributed by atoms with van der Waals surface area (Å²) < 4.78 is 41.1. The van der Waals surface area contributed by atoms with E-state index < -0.39 is 17.4 Å². The highest BCUT2D eigenvalue weighted by molar-refractivity contribution is 14.1. The van der Waals surface area contributed by atoms with Crippen molar-refractivity contribution in [1.82, 2.24) is 9.78 Å². The van der Waals surface area contributed by atoms with Crippen LogP contribution in [-0.4, -0.2) is 26.4 Å². The van der Waals surface area contributed by atoms with Crippen LogP contribution in [0.5, 0.6) is 0 Å². The van der Waals surface area contributed by atoms with Crippen molar-refractivity contribution in [1.29, 1.82) is 0 Å². The van der Waals surface area contributed by atoms with Crippen LogP contribution in [-0.2, 0) is 11.2 Å². The summed E-state index contributed by atoms with van der Waals surface area (Å²) in [7, 11) is 0. The molecule has 0 amide bonds. The molecular weight excluding hydrogens is 624 g/mol. The maximum Gasteiger partial charge on any atom is 0.446 e. The van der Waals surface area contributed by atoms with E-state index in [9.17, 15) is 23.1 Å². The van der Waals surface area contributed by atoms with Gasteiger partial charge in [-0.25, -0.2) is 4.68 Å². The highest BCUT2D eigenvalue weighted by atomic mass is 127. The minimum atomic E-state index is -4.46. The summed E-state index contributed by atoms with van der Waals surface area (Å²) in [5.74, 6) is -2.22. The van der Waals surface area contributed by atoms with Gasteiger partial charge < -0.3 is 5.11 Å². The van der Waals surface area contributed by atoms with Crippen molar-refractivity contribution in [2.24, 2.45) is 0 Å². The number of aliphatic carboxylic acids is 1. The average Bonchev–Trinajstić information content (AvgIpc) is 3.22. The van der Waals surface area contributed by atoms with Crippen molar-refractivity contribution in [3.05, 3.63) is 98.2 Å². The Hall–Kier alpha value is -2.50. The predicted molar refractivity (Wildman–Crippen MR) is 144 cm³/mol. The topological polar surface area (TPSA) is 55.1 Å². The third-order valence-electron chi connectivity index (χ3n) is 5.46. The molecule has 0 aliphatic rings.